The van der Waals surface area contributed by atoms with Gasteiger partial charge < -0.3 is 15.0 Å². The topological polar surface area (TPSA) is 50.3 Å². The number of aryl methyl sites for hydroxylation is 1. The van der Waals surface area contributed by atoms with E-state index in [1.165, 1.54) is 12.8 Å². The Morgan fingerprint density at radius 2 is 2.32 bits per heavy atom. The Morgan fingerprint density at radius 1 is 1.47 bits per heavy atom. The molecule has 1 aliphatic heterocycles. The fourth-order valence-electron chi connectivity index (χ4n) is 2.48. The first-order chi connectivity index (χ1) is 9.19. The van der Waals surface area contributed by atoms with Gasteiger partial charge in [0, 0.05) is 32.8 Å². The normalized spacial score (nSPS) is 19.5. The molecule has 5 nitrogen and oxygen atoms in total. The van der Waals surface area contributed by atoms with Crippen molar-refractivity contribution in [2.45, 2.75) is 26.7 Å². The van der Waals surface area contributed by atoms with Crippen LogP contribution in [0.25, 0.3) is 0 Å². The maximum atomic E-state index is 5.04. The highest BCUT2D eigenvalue weighted by molar-refractivity contribution is 5.49. The molecule has 0 radical (unpaired) electrons. The molecular formula is C14H24N4O. The Hall–Kier alpha value is -1.36. The molecule has 2 heterocycles. The van der Waals surface area contributed by atoms with Crippen LogP contribution < -0.4 is 10.2 Å². The molecule has 5 heteroatoms. The van der Waals surface area contributed by atoms with Crippen molar-refractivity contribution in [2.75, 3.05) is 43.6 Å². The lowest BCUT2D eigenvalue weighted by Crippen LogP contribution is -2.35. The van der Waals surface area contributed by atoms with E-state index in [0.29, 0.717) is 6.61 Å². The summed E-state index contributed by atoms with van der Waals surface area (Å²) in [6.07, 6.45) is 2.57. The number of hydrogen-bond acceptors (Lipinski definition) is 5. The molecular weight excluding hydrogens is 240 g/mol. The van der Waals surface area contributed by atoms with Gasteiger partial charge in [0.2, 0.25) is 0 Å². The zero-order valence-corrected chi connectivity index (χ0v) is 12.1. The van der Waals surface area contributed by atoms with Gasteiger partial charge in [-0.1, -0.05) is 6.92 Å². The zero-order chi connectivity index (χ0) is 13.7. The highest BCUT2D eigenvalue weighted by atomic mass is 16.5. The van der Waals surface area contributed by atoms with Gasteiger partial charge in [0.15, 0.2) is 0 Å². The van der Waals surface area contributed by atoms with Crippen LogP contribution in [0.4, 0.5) is 11.6 Å². The Bertz CT molecular complexity index is 410. The number of ether oxygens (including phenoxy) is 1. The Kier molecular flexibility index (Phi) is 4.96. The number of rotatable bonds is 5. The molecule has 0 aromatic carbocycles. The summed E-state index contributed by atoms with van der Waals surface area (Å²) in [5.41, 5.74) is 0. The molecule has 1 unspecified atom stereocenters. The predicted molar refractivity (Wildman–Crippen MR) is 77.7 cm³/mol. The number of nitrogens with zero attached hydrogens (tertiary/aromatic N) is 3. The molecule has 19 heavy (non-hydrogen) atoms. The highest BCUT2D eigenvalue weighted by Gasteiger charge is 2.18. The van der Waals surface area contributed by atoms with Crippen LogP contribution in [0, 0.1) is 12.8 Å². The largest absolute Gasteiger partial charge is 0.383 e. The van der Waals surface area contributed by atoms with E-state index in [0.717, 1.165) is 43.0 Å². The van der Waals surface area contributed by atoms with Crippen LogP contribution in [0.3, 0.4) is 0 Å². The van der Waals surface area contributed by atoms with Gasteiger partial charge in [0.1, 0.15) is 17.5 Å². The van der Waals surface area contributed by atoms with Crippen molar-refractivity contribution in [3.8, 4) is 0 Å². The highest BCUT2D eigenvalue weighted by Crippen LogP contribution is 2.22. The van der Waals surface area contributed by atoms with E-state index in [4.69, 9.17) is 4.74 Å². The summed E-state index contributed by atoms with van der Waals surface area (Å²) in [4.78, 5) is 11.3. The number of anilines is 2. The third kappa shape index (κ3) is 4.06. The minimum Gasteiger partial charge on any atom is -0.383 e. The third-order valence-corrected chi connectivity index (χ3v) is 3.42. The second-order valence-corrected chi connectivity index (χ2v) is 5.27. The minimum atomic E-state index is 0.680. The molecule has 1 saturated heterocycles. The molecule has 1 aromatic heterocycles. The van der Waals surface area contributed by atoms with Crippen molar-refractivity contribution in [3.05, 3.63) is 11.9 Å². The summed E-state index contributed by atoms with van der Waals surface area (Å²) in [5, 5.41) is 3.27. The summed E-state index contributed by atoms with van der Waals surface area (Å²) in [6.45, 7) is 7.88. The van der Waals surface area contributed by atoms with Crippen LogP contribution in [0.1, 0.15) is 25.6 Å². The van der Waals surface area contributed by atoms with E-state index in [2.05, 4.69) is 27.1 Å². The van der Waals surface area contributed by atoms with Crippen molar-refractivity contribution in [3.63, 3.8) is 0 Å². The number of methoxy groups -OCH3 is 1. The first kappa shape index (κ1) is 14.1. The van der Waals surface area contributed by atoms with Gasteiger partial charge in [-0.15, -0.1) is 0 Å². The van der Waals surface area contributed by atoms with E-state index in [1.807, 2.05) is 13.0 Å². The average Bonchev–Trinajstić information content (AvgIpc) is 2.38. The first-order valence-corrected chi connectivity index (χ1v) is 7.02. The first-order valence-electron chi connectivity index (χ1n) is 7.02. The molecule has 0 bridgehead atoms. The Labute approximate surface area is 115 Å². The standard InChI is InChI=1S/C14H24N4O/c1-11-5-4-7-18(10-11)14-9-13(15-6-8-19-3)16-12(2)17-14/h9,11H,4-8,10H2,1-3H3,(H,15,16,17). The lowest BCUT2D eigenvalue weighted by atomic mass is 10.0. The molecule has 1 N–H and O–H groups in total. The lowest BCUT2D eigenvalue weighted by Gasteiger charge is -2.32. The number of nitrogens with one attached hydrogen (secondary N) is 1. The Morgan fingerprint density at radius 3 is 3.05 bits per heavy atom. The van der Waals surface area contributed by atoms with Gasteiger partial charge in [0.25, 0.3) is 0 Å². The van der Waals surface area contributed by atoms with Crippen molar-refractivity contribution in [1.82, 2.24) is 9.97 Å². The molecule has 2 rings (SSSR count). The van der Waals surface area contributed by atoms with Gasteiger partial charge in [0.05, 0.1) is 6.61 Å². The van der Waals surface area contributed by atoms with Gasteiger partial charge in [-0.05, 0) is 25.7 Å². The molecule has 0 spiro atoms. The van der Waals surface area contributed by atoms with Crippen molar-refractivity contribution in [1.29, 1.82) is 0 Å². The van der Waals surface area contributed by atoms with Gasteiger partial charge in [-0.25, -0.2) is 9.97 Å². The number of piperidine rings is 1. The zero-order valence-electron chi connectivity index (χ0n) is 12.1. The SMILES string of the molecule is COCCNc1cc(N2CCCC(C)C2)nc(C)n1. The van der Waals surface area contributed by atoms with Gasteiger partial charge >= 0.3 is 0 Å². The second kappa shape index (κ2) is 6.70. The van der Waals surface area contributed by atoms with Crippen molar-refractivity contribution < 1.29 is 4.74 Å². The summed E-state index contributed by atoms with van der Waals surface area (Å²) in [6, 6.07) is 2.04. The summed E-state index contributed by atoms with van der Waals surface area (Å²) in [7, 11) is 1.70. The third-order valence-electron chi connectivity index (χ3n) is 3.42. The summed E-state index contributed by atoms with van der Waals surface area (Å²) >= 11 is 0. The van der Waals surface area contributed by atoms with E-state index in [9.17, 15) is 0 Å². The van der Waals surface area contributed by atoms with Crippen LogP contribution in [-0.4, -0.2) is 43.3 Å². The maximum absolute atomic E-state index is 5.04. The van der Waals surface area contributed by atoms with Crippen molar-refractivity contribution in [2.24, 2.45) is 5.92 Å². The smallest absolute Gasteiger partial charge is 0.134 e. The molecule has 106 valence electrons. The van der Waals surface area contributed by atoms with Gasteiger partial charge in [-0.3, -0.25) is 0 Å². The second-order valence-electron chi connectivity index (χ2n) is 5.27. The lowest BCUT2D eigenvalue weighted by molar-refractivity contribution is 0.210. The van der Waals surface area contributed by atoms with Crippen molar-refractivity contribution >= 4 is 11.6 Å². The quantitative estimate of drug-likeness (QED) is 0.825. The maximum Gasteiger partial charge on any atom is 0.134 e. The predicted octanol–water partition coefficient (Wildman–Crippen LogP) is 2.08. The molecule has 1 aliphatic rings. The van der Waals surface area contributed by atoms with E-state index < -0.39 is 0 Å². The number of aromatic nitrogens is 2. The van der Waals surface area contributed by atoms with Crippen LogP contribution in [-0.2, 0) is 4.74 Å². The van der Waals surface area contributed by atoms with E-state index in [1.54, 1.807) is 7.11 Å². The molecule has 0 aliphatic carbocycles. The van der Waals surface area contributed by atoms with E-state index in [-0.39, 0.29) is 0 Å². The van der Waals surface area contributed by atoms with Gasteiger partial charge in [-0.2, -0.15) is 0 Å². The molecule has 0 amide bonds. The van der Waals surface area contributed by atoms with Crippen LogP contribution in [0.2, 0.25) is 0 Å². The minimum absolute atomic E-state index is 0.680. The summed E-state index contributed by atoms with van der Waals surface area (Å²) in [5.74, 6) is 3.49. The fourth-order valence-corrected chi connectivity index (χ4v) is 2.48. The molecule has 1 atom stereocenters. The summed E-state index contributed by atoms with van der Waals surface area (Å²) < 4.78 is 5.04. The molecule has 1 aromatic rings. The van der Waals surface area contributed by atoms with E-state index >= 15 is 0 Å². The monoisotopic (exact) mass is 264 g/mol. The number of hydrogen-bond donors (Lipinski definition) is 1. The average molecular weight is 264 g/mol. The Balaban J connectivity index is 2.07. The fraction of sp³-hybridized carbons (Fsp3) is 0.714. The van der Waals surface area contributed by atoms with Crippen LogP contribution in [0.5, 0.6) is 0 Å². The van der Waals surface area contributed by atoms with Crippen LogP contribution in [0.15, 0.2) is 6.07 Å². The molecule has 0 saturated carbocycles. The molecule has 1 fully saturated rings. The van der Waals surface area contributed by atoms with Crippen LogP contribution >= 0.6 is 0 Å².